The minimum absolute atomic E-state index is 0.00571. The van der Waals surface area contributed by atoms with Crippen LogP contribution in [-0.4, -0.2) is 29.9 Å². The van der Waals surface area contributed by atoms with E-state index in [2.05, 4.69) is 4.74 Å². The first-order valence-corrected chi connectivity index (χ1v) is 10.9. The Kier molecular flexibility index (Phi) is 6.86. The van der Waals surface area contributed by atoms with Crippen molar-refractivity contribution in [2.75, 3.05) is 6.61 Å². The van der Waals surface area contributed by atoms with Crippen LogP contribution in [0.25, 0.3) is 0 Å². The van der Waals surface area contributed by atoms with E-state index in [0.717, 1.165) is 17.7 Å². The number of fused-ring (bicyclic) bond motifs is 1. The van der Waals surface area contributed by atoms with Gasteiger partial charge in [0.15, 0.2) is 0 Å². The molecule has 1 atom stereocenters. The lowest BCUT2D eigenvalue weighted by Gasteiger charge is -2.28. The highest BCUT2D eigenvalue weighted by molar-refractivity contribution is 5.98. The van der Waals surface area contributed by atoms with Crippen molar-refractivity contribution in [3.63, 3.8) is 0 Å². The average Bonchev–Trinajstić information content (AvgIpc) is 3.10. The van der Waals surface area contributed by atoms with Crippen molar-refractivity contribution in [2.45, 2.75) is 38.9 Å². The Hall–Kier alpha value is -3.75. The summed E-state index contributed by atoms with van der Waals surface area (Å²) in [5.41, 5.74) is 1.76. The van der Waals surface area contributed by atoms with E-state index in [0.29, 0.717) is 22.6 Å². The van der Waals surface area contributed by atoms with Crippen LogP contribution >= 0.6 is 0 Å². The Balaban J connectivity index is 1.56. The van der Waals surface area contributed by atoms with Crippen LogP contribution in [-0.2, 0) is 6.54 Å². The van der Waals surface area contributed by atoms with Gasteiger partial charge in [0.1, 0.15) is 29.7 Å². The molecular weight excluding hydrogens is 466 g/mol. The van der Waals surface area contributed by atoms with Crippen molar-refractivity contribution in [2.24, 2.45) is 0 Å². The van der Waals surface area contributed by atoms with E-state index >= 15 is 0 Å². The van der Waals surface area contributed by atoms with Gasteiger partial charge < -0.3 is 19.1 Å². The summed E-state index contributed by atoms with van der Waals surface area (Å²) < 4.78 is 66.4. The van der Waals surface area contributed by atoms with E-state index < -0.39 is 18.2 Å². The third-order valence-electron chi connectivity index (χ3n) is 5.38. The van der Waals surface area contributed by atoms with Gasteiger partial charge in [0.05, 0.1) is 12.1 Å². The van der Waals surface area contributed by atoms with Gasteiger partial charge in [-0.25, -0.2) is 4.39 Å². The molecule has 9 heteroatoms. The van der Waals surface area contributed by atoms with Crippen molar-refractivity contribution < 1.29 is 36.6 Å². The summed E-state index contributed by atoms with van der Waals surface area (Å²) in [5.74, 6) is -0.219. The van der Waals surface area contributed by atoms with E-state index in [1.807, 2.05) is 26.0 Å². The predicted octanol–water partition coefficient (Wildman–Crippen LogP) is 6.29. The Labute approximate surface area is 199 Å². The molecule has 0 spiro atoms. The van der Waals surface area contributed by atoms with Crippen LogP contribution in [0.15, 0.2) is 66.7 Å². The molecule has 1 aliphatic rings. The van der Waals surface area contributed by atoms with E-state index in [1.165, 1.54) is 24.3 Å². The number of hydrogen-bond donors (Lipinski definition) is 0. The number of halogens is 4. The van der Waals surface area contributed by atoms with E-state index in [-0.39, 0.29) is 30.9 Å². The minimum Gasteiger partial charge on any atom is -0.491 e. The lowest BCUT2D eigenvalue weighted by Crippen LogP contribution is -2.33. The molecule has 35 heavy (non-hydrogen) atoms. The normalized spacial score (nSPS) is 14.1. The minimum atomic E-state index is -4.79. The third kappa shape index (κ3) is 6.03. The zero-order valence-electron chi connectivity index (χ0n) is 19.0. The molecule has 0 bridgehead atoms. The van der Waals surface area contributed by atoms with E-state index in [9.17, 15) is 22.4 Å². The lowest BCUT2D eigenvalue weighted by atomic mass is 10.1. The molecule has 0 radical (unpaired) electrons. The Morgan fingerprint density at radius 2 is 1.54 bits per heavy atom. The second kappa shape index (κ2) is 9.85. The van der Waals surface area contributed by atoms with Gasteiger partial charge in [0, 0.05) is 12.1 Å². The summed E-state index contributed by atoms with van der Waals surface area (Å²) >= 11 is 0. The monoisotopic (exact) mass is 489 g/mol. The van der Waals surface area contributed by atoms with Crippen molar-refractivity contribution in [3.8, 4) is 17.2 Å². The fourth-order valence-electron chi connectivity index (χ4n) is 3.87. The highest BCUT2D eigenvalue weighted by Crippen LogP contribution is 2.34. The van der Waals surface area contributed by atoms with Crippen LogP contribution in [0.2, 0.25) is 0 Å². The first kappa shape index (κ1) is 24.4. The van der Waals surface area contributed by atoms with Gasteiger partial charge >= 0.3 is 6.36 Å². The fourth-order valence-corrected chi connectivity index (χ4v) is 3.87. The first-order valence-electron chi connectivity index (χ1n) is 10.9. The second-order valence-electron chi connectivity index (χ2n) is 8.32. The predicted molar refractivity (Wildman–Crippen MR) is 120 cm³/mol. The molecule has 1 amide bonds. The number of carbonyl (C=O) groups excluding carboxylic acids is 1. The molecular formula is C26H23F4NO4. The van der Waals surface area contributed by atoms with Gasteiger partial charge in [0.25, 0.3) is 5.91 Å². The van der Waals surface area contributed by atoms with Crippen molar-refractivity contribution >= 4 is 5.91 Å². The highest BCUT2D eigenvalue weighted by Gasteiger charge is 2.34. The molecule has 0 N–H and O–H groups in total. The molecule has 0 aliphatic carbocycles. The van der Waals surface area contributed by atoms with E-state index in [4.69, 9.17) is 9.47 Å². The van der Waals surface area contributed by atoms with Crippen LogP contribution in [0.3, 0.4) is 0 Å². The second-order valence-corrected chi connectivity index (χ2v) is 8.32. The molecule has 1 aliphatic heterocycles. The first-order chi connectivity index (χ1) is 16.6. The summed E-state index contributed by atoms with van der Waals surface area (Å²) in [4.78, 5) is 14.7. The molecule has 0 fully saturated rings. The Morgan fingerprint density at radius 1 is 0.914 bits per heavy atom. The molecule has 5 nitrogen and oxygen atoms in total. The van der Waals surface area contributed by atoms with Crippen molar-refractivity contribution in [3.05, 3.63) is 89.2 Å². The van der Waals surface area contributed by atoms with Gasteiger partial charge in [-0.15, -0.1) is 13.2 Å². The number of amides is 1. The molecule has 3 aromatic carbocycles. The summed E-state index contributed by atoms with van der Waals surface area (Å²) in [6.45, 7) is 4.11. The summed E-state index contributed by atoms with van der Waals surface area (Å²) in [6.07, 6.45) is -4.79. The van der Waals surface area contributed by atoms with E-state index in [1.54, 1.807) is 23.1 Å². The molecule has 0 aromatic heterocycles. The van der Waals surface area contributed by atoms with Crippen LogP contribution in [0.1, 0.15) is 41.4 Å². The molecule has 4 rings (SSSR count). The van der Waals surface area contributed by atoms with Crippen LogP contribution in [0.5, 0.6) is 17.2 Å². The number of alkyl halides is 3. The van der Waals surface area contributed by atoms with Crippen LogP contribution in [0.4, 0.5) is 17.6 Å². The van der Waals surface area contributed by atoms with Crippen LogP contribution < -0.4 is 14.2 Å². The molecule has 1 unspecified atom stereocenters. The quantitative estimate of drug-likeness (QED) is 0.349. The molecule has 3 aromatic rings. The number of hydrogen-bond acceptors (Lipinski definition) is 4. The maximum absolute atomic E-state index is 13.7. The number of ether oxygens (including phenoxy) is 3. The lowest BCUT2D eigenvalue weighted by molar-refractivity contribution is -0.274. The molecule has 1 heterocycles. The highest BCUT2D eigenvalue weighted by atomic mass is 19.4. The molecule has 0 saturated heterocycles. The van der Waals surface area contributed by atoms with Crippen LogP contribution in [0, 0.1) is 5.82 Å². The smallest absolute Gasteiger partial charge is 0.491 e. The average molecular weight is 489 g/mol. The Morgan fingerprint density at radius 3 is 2.17 bits per heavy atom. The zero-order valence-corrected chi connectivity index (χ0v) is 19.0. The fraction of sp³-hybridized carbons (Fsp3) is 0.269. The largest absolute Gasteiger partial charge is 0.573 e. The summed E-state index contributed by atoms with van der Waals surface area (Å²) in [6, 6.07) is 15.8. The Bertz CT molecular complexity index is 1180. The third-order valence-corrected chi connectivity index (χ3v) is 5.38. The van der Waals surface area contributed by atoms with Gasteiger partial charge in [-0.2, -0.15) is 0 Å². The van der Waals surface area contributed by atoms with Crippen molar-refractivity contribution in [1.82, 2.24) is 4.90 Å². The zero-order chi connectivity index (χ0) is 25.2. The SMILES string of the molecule is CC(C)Oc1ccc(C(COc2ccc(OC(F)(F)F)cc2)N2Cc3ccc(F)cc3C2=O)cc1. The molecule has 184 valence electrons. The summed E-state index contributed by atoms with van der Waals surface area (Å²) in [5, 5.41) is 0. The van der Waals surface area contributed by atoms with Gasteiger partial charge in [-0.3, -0.25) is 4.79 Å². The maximum Gasteiger partial charge on any atom is 0.573 e. The molecule has 0 saturated carbocycles. The standard InChI is InChI=1S/C26H23F4NO4/c1-16(2)34-21-7-4-17(5-8-21)24(31-14-18-3-6-19(27)13-23(18)25(31)32)15-33-20-9-11-22(12-10-20)35-26(28,29)30/h3-13,16,24H,14-15H2,1-2H3. The number of carbonyl (C=O) groups is 1. The van der Waals surface area contributed by atoms with Gasteiger partial charge in [-0.1, -0.05) is 18.2 Å². The maximum atomic E-state index is 13.7. The topological polar surface area (TPSA) is 48.0 Å². The van der Waals surface area contributed by atoms with Gasteiger partial charge in [0.2, 0.25) is 0 Å². The summed E-state index contributed by atoms with van der Waals surface area (Å²) in [7, 11) is 0. The number of nitrogens with zero attached hydrogens (tertiary/aromatic N) is 1. The van der Waals surface area contributed by atoms with Crippen molar-refractivity contribution in [1.29, 1.82) is 0 Å². The number of rotatable bonds is 8. The van der Waals surface area contributed by atoms with Gasteiger partial charge in [-0.05, 0) is 73.5 Å². The number of benzene rings is 3.